The number of nitrogens with one attached hydrogen (secondary N) is 1. The molecule has 0 aliphatic carbocycles. The molecule has 3 aromatic rings. The molecule has 206 valence electrons. The summed E-state index contributed by atoms with van der Waals surface area (Å²) in [5, 5.41) is 3.01. The maximum absolute atomic E-state index is 15.9. The van der Waals surface area contributed by atoms with Crippen LogP contribution in [0, 0.1) is 5.82 Å². The summed E-state index contributed by atoms with van der Waals surface area (Å²) in [7, 11) is 0. The number of benzene rings is 2. The number of ether oxygens (including phenoxy) is 2. The third kappa shape index (κ3) is 4.77. The first kappa shape index (κ1) is 25.8. The van der Waals surface area contributed by atoms with E-state index in [0.717, 1.165) is 26.2 Å². The van der Waals surface area contributed by atoms with E-state index in [4.69, 9.17) is 9.47 Å². The van der Waals surface area contributed by atoms with Crippen LogP contribution in [0.5, 0.6) is 11.5 Å². The molecule has 1 N–H and O–H groups in total. The van der Waals surface area contributed by atoms with Crippen LogP contribution < -0.4 is 20.4 Å². The Kier molecular flexibility index (Phi) is 7.01. The number of aromatic nitrogens is 1. The second kappa shape index (κ2) is 10.6. The van der Waals surface area contributed by atoms with Crippen molar-refractivity contribution in [2.45, 2.75) is 19.9 Å². The minimum Gasteiger partial charge on any atom is -0.451 e. The molecule has 2 aromatic carbocycles. The number of rotatable bonds is 6. The summed E-state index contributed by atoms with van der Waals surface area (Å²) in [5.74, 6) is -0.138. The lowest BCUT2D eigenvalue weighted by molar-refractivity contribution is 0.0383. The molecule has 0 radical (unpaired) electrons. The highest BCUT2D eigenvalue weighted by Gasteiger charge is 2.32. The molecule has 1 aromatic heterocycles. The summed E-state index contributed by atoms with van der Waals surface area (Å²) >= 11 is 0. The number of amides is 1. The number of morpholine rings is 1. The van der Waals surface area contributed by atoms with Crippen LogP contribution in [0.1, 0.15) is 24.2 Å². The fourth-order valence-electron chi connectivity index (χ4n) is 5.72. The van der Waals surface area contributed by atoms with Crippen LogP contribution >= 0.6 is 0 Å². The Balaban J connectivity index is 1.39. The Hall–Kier alpha value is -3.47. The number of pyridine rings is 1. The van der Waals surface area contributed by atoms with Gasteiger partial charge in [-0.25, -0.2) is 4.39 Å². The molecule has 39 heavy (non-hydrogen) atoms. The first-order chi connectivity index (χ1) is 18.9. The minimum atomic E-state index is -0.525. The molecule has 2 fully saturated rings. The average molecular weight is 536 g/mol. The second-order valence-electron chi connectivity index (χ2n) is 10.6. The molecule has 9 nitrogen and oxygen atoms in total. The van der Waals surface area contributed by atoms with Crippen molar-refractivity contribution in [3.8, 4) is 17.2 Å². The van der Waals surface area contributed by atoms with Crippen molar-refractivity contribution in [1.82, 2.24) is 19.7 Å². The Bertz CT molecular complexity index is 1460. The smallest absolute Gasteiger partial charge is 0.256 e. The standard InChI is InChI=1S/C29H34FN5O4/c1-19(2)33-9-11-34(12-10-33)26-22(30)17-20-25-28(26)39-24-6-4-3-5-23(24)35(25)18-21(27(20)36)29(37)31-7-8-32-13-15-38-16-14-32/h3-6,17-19H,7-16H2,1-2H3,(H,31,37). The highest BCUT2D eigenvalue weighted by molar-refractivity contribution is 6.01. The maximum Gasteiger partial charge on any atom is 0.256 e. The van der Waals surface area contributed by atoms with Crippen LogP contribution in [0.4, 0.5) is 10.1 Å². The summed E-state index contributed by atoms with van der Waals surface area (Å²) in [6.45, 7) is 11.3. The van der Waals surface area contributed by atoms with Crippen LogP contribution in [0.2, 0.25) is 0 Å². The van der Waals surface area contributed by atoms with Crippen molar-refractivity contribution in [2.24, 2.45) is 0 Å². The number of para-hydroxylation sites is 2. The molecule has 3 aliphatic rings. The zero-order chi connectivity index (χ0) is 27.1. The molecule has 0 saturated carbocycles. The second-order valence-corrected chi connectivity index (χ2v) is 10.6. The number of halogens is 1. The van der Waals surface area contributed by atoms with Gasteiger partial charge in [0, 0.05) is 64.6 Å². The SMILES string of the molecule is CC(C)N1CCN(c2c(F)cc3c(=O)c(C(=O)NCCN4CCOCC4)cn4c3c2Oc2ccccc2-4)CC1. The third-order valence-electron chi connectivity index (χ3n) is 7.93. The maximum atomic E-state index is 15.9. The van der Waals surface area contributed by atoms with E-state index in [1.807, 2.05) is 29.2 Å². The van der Waals surface area contributed by atoms with Crippen molar-refractivity contribution in [1.29, 1.82) is 0 Å². The minimum absolute atomic E-state index is 0.0233. The Morgan fingerprint density at radius 3 is 2.56 bits per heavy atom. The van der Waals surface area contributed by atoms with Crippen LogP contribution in [0.25, 0.3) is 16.6 Å². The number of carbonyl (C=O) groups is 1. The average Bonchev–Trinajstić information content (AvgIpc) is 2.95. The number of piperazine rings is 1. The molecule has 0 atom stereocenters. The van der Waals surface area contributed by atoms with Crippen molar-refractivity contribution in [2.75, 3.05) is 70.5 Å². The lowest BCUT2D eigenvalue weighted by Crippen LogP contribution is -2.49. The van der Waals surface area contributed by atoms with Gasteiger partial charge in [0.15, 0.2) is 17.3 Å². The van der Waals surface area contributed by atoms with E-state index in [2.05, 4.69) is 29.0 Å². The molecule has 1 amide bonds. The number of anilines is 1. The van der Waals surface area contributed by atoms with Gasteiger partial charge in [0.05, 0.1) is 24.3 Å². The summed E-state index contributed by atoms with van der Waals surface area (Å²) in [6.07, 6.45) is 1.57. The predicted octanol–water partition coefficient (Wildman–Crippen LogP) is 2.83. The van der Waals surface area contributed by atoms with Crippen LogP contribution in [-0.2, 0) is 4.74 Å². The molecule has 2 saturated heterocycles. The van der Waals surface area contributed by atoms with Crippen molar-refractivity contribution in [3.05, 3.63) is 58.1 Å². The molecule has 4 heterocycles. The molecule has 10 heteroatoms. The zero-order valence-electron chi connectivity index (χ0n) is 22.4. The van der Waals surface area contributed by atoms with E-state index < -0.39 is 17.2 Å². The predicted molar refractivity (Wildman–Crippen MR) is 148 cm³/mol. The van der Waals surface area contributed by atoms with Gasteiger partial charge in [-0.05, 0) is 32.0 Å². The van der Waals surface area contributed by atoms with Gasteiger partial charge in [-0.15, -0.1) is 0 Å². The van der Waals surface area contributed by atoms with Gasteiger partial charge in [0.1, 0.15) is 16.8 Å². The highest BCUT2D eigenvalue weighted by Crippen LogP contribution is 2.46. The fraction of sp³-hybridized carbons (Fsp3) is 0.448. The molecule has 0 bridgehead atoms. The summed E-state index contributed by atoms with van der Waals surface area (Å²) in [5.41, 5.74) is 0.997. The first-order valence-corrected chi connectivity index (χ1v) is 13.7. The topological polar surface area (TPSA) is 79.3 Å². The monoisotopic (exact) mass is 535 g/mol. The van der Waals surface area contributed by atoms with Crippen LogP contribution in [0.15, 0.2) is 41.3 Å². The number of hydrogen-bond donors (Lipinski definition) is 1. The number of fused-ring (bicyclic) bond motifs is 2. The van der Waals surface area contributed by atoms with E-state index in [0.29, 0.717) is 73.8 Å². The van der Waals surface area contributed by atoms with E-state index in [1.54, 1.807) is 10.8 Å². The van der Waals surface area contributed by atoms with Crippen LogP contribution in [-0.4, -0.2) is 91.9 Å². The molecule has 6 rings (SSSR count). The van der Waals surface area contributed by atoms with E-state index >= 15 is 4.39 Å². The normalized spacial score (nSPS) is 17.8. The highest BCUT2D eigenvalue weighted by atomic mass is 19.1. The van der Waals surface area contributed by atoms with Crippen molar-refractivity contribution < 1.29 is 18.7 Å². The summed E-state index contributed by atoms with van der Waals surface area (Å²) < 4.78 is 29.3. The molecule has 0 unspecified atom stereocenters. The van der Waals surface area contributed by atoms with Gasteiger partial charge < -0.3 is 24.3 Å². The first-order valence-electron chi connectivity index (χ1n) is 13.7. The van der Waals surface area contributed by atoms with Gasteiger partial charge in [-0.2, -0.15) is 0 Å². The largest absolute Gasteiger partial charge is 0.451 e. The Labute approximate surface area is 226 Å². The lowest BCUT2D eigenvalue weighted by atomic mass is 10.0. The molecular formula is C29H34FN5O4. The summed E-state index contributed by atoms with van der Waals surface area (Å²) in [4.78, 5) is 33.4. The quantitative estimate of drug-likeness (QED) is 0.407. The van der Waals surface area contributed by atoms with Gasteiger partial charge in [0.2, 0.25) is 5.43 Å². The van der Waals surface area contributed by atoms with Gasteiger partial charge in [-0.1, -0.05) is 12.1 Å². The zero-order valence-corrected chi connectivity index (χ0v) is 22.4. The number of carbonyl (C=O) groups excluding carboxylic acids is 1. The molecule has 3 aliphatic heterocycles. The molecule has 0 spiro atoms. The lowest BCUT2D eigenvalue weighted by Gasteiger charge is -2.39. The van der Waals surface area contributed by atoms with Crippen molar-refractivity contribution in [3.63, 3.8) is 0 Å². The molecular weight excluding hydrogens is 501 g/mol. The Morgan fingerprint density at radius 1 is 1.08 bits per heavy atom. The van der Waals surface area contributed by atoms with E-state index in [9.17, 15) is 9.59 Å². The van der Waals surface area contributed by atoms with Gasteiger partial charge >= 0.3 is 0 Å². The fourth-order valence-corrected chi connectivity index (χ4v) is 5.72. The van der Waals surface area contributed by atoms with Gasteiger partial charge in [0.25, 0.3) is 5.91 Å². The van der Waals surface area contributed by atoms with E-state index in [1.165, 1.54) is 6.07 Å². The third-order valence-corrected chi connectivity index (χ3v) is 7.93. The summed E-state index contributed by atoms with van der Waals surface area (Å²) in [6, 6.07) is 9.09. The van der Waals surface area contributed by atoms with E-state index in [-0.39, 0.29) is 10.9 Å². The number of nitrogens with zero attached hydrogens (tertiary/aromatic N) is 4. The van der Waals surface area contributed by atoms with Crippen LogP contribution in [0.3, 0.4) is 0 Å². The Morgan fingerprint density at radius 2 is 1.82 bits per heavy atom. The van der Waals surface area contributed by atoms with Gasteiger partial charge in [-0.3, -0.25) is 19.4 Å². The number of hydrogen-bond acceptors (Lipinski definition) is 7. The van der Waals surface area contributed by atoms with Crippen molar-refractivity contribution >= 4 is 22.5 Å².